The zero-order valence-corrected chi connectivity index (χ0v) is 12.7. The monoisotopic (exact) mass is 398 g/mol. The van der Waals surface area contributed by atoms with Crippen molar-refractivity contribution in [2.45, 2.75) is 0 Å². The molecule has 20 heavy (non-hydrogen) atoms. The van der Waals surface area contributed by atoms with Crippen LogP contribution in [0.3, 0.4) is 0 Å². The minimum absolute atomic E-state index is 0. The lowest BCUT2D eigenvalue weighted by Crippen LogP contribution is -2.02. The number of hydrogen-bond acceptors (Lipinski definition) is 1. The summed E-state index contributed by atoms with van der Waals surface area (Å²) in [5, 5.41) is 0. The summed E-state index contributed by atoms with van der Waals surface area (Å²) in [6.07, 6.45) is 0. The van der Waals surface area contributed by atoms with Crippen LogP contribution in [0.1, 0.15) is 1.43 Å². The first kappa shape index (κ1) is 16.8. The second kappa shape index (κ2) is 7.51. The molecule has 1 nitrogen and oxygen atoms in total. The largest absolute Gasteiger partial charge is 1.00 e. The summed E-state index contributed by atoms with van der Waals surface area (Å²) in [6.45, 7) is 0. The van der Waals surface area contributed by atoms with Gasteiger partial charge in [-0.05, 0) is 58.0 Å². The van der Waals surface area contributed by atoms with Gasteiger partial charge in [-0.3, -0.25) is 0 Å². The maximum atomic E-state index is 9.75. The Morgan fingerprint density at radius 1 is 0.850 bits per heavy atom. The highest BCUT2D eigenvalue weighted by Crippen LogP contribution is 2.22. The summed E-state index contributed by atoms with van der Waals surface area (Å²) in [4.78, 5) is 0. The minimum Gasteiger partial charge on any atom is -0.497 e. The molecular formula is C13H12BF4IO. The maximum Gasteiger partial charge on any atom is 1.00 e. The van der Waals surface area contributed by atoms with Gasteiger partial charge in [0.25, 0.3) is 0 Å². The van der Waals surface area contributed by atoms with E-state index in [1.54, 1.807) is 7.11 Å². The average molecular weight is 398 g/mol. The summed E-state index contributed by atoms with van der Waals surface area (Å²) in [5.74, 6) is 0.893. The second-order valence-corrected chi connectivity index (χ2v) is 4.98. The molecule has 0 saturated heterocycles. The summed E-state index contributed by atoms with van der Waals surface area (Å²) < 4.78 is 45.4. The maximum absolute atomic E-state index is 9.75. The third-order valence-electron chi connectivity index (χ3n) is 2.27. The van der Waals surface area contributed by atoms with Gasteiger partial charge in [0.2, 0.25) is 0 Å². The number of ether oxygens (including phenoxy) is 1. The zero-order chi connectivity index (χ0) is 15.2. The lowest BCUT2D eigenvalue weighted by atomic mass is 10.1. The van der Waals surface area contributed by atoms with E-state index >= 15 is 0 Å². The van der Waals surface area contributed by atoms with Crippen molar-refractivity contribution in [1.82, 2.24) is 0 Å². The van der Waals surface area contributed by atoms with Gasteiger partial charge in [0.15, 0.2) is 0 Å². The molecule has 0 aromatic heterocycles. The van der Waals surface area contributed by atoms with Gasteiger partial charge in [0.05, 0.1) is 7.11 Å². The van der Waals surface area contributed by atoms with Gasteiger partial charge in [0, 0.05) is 3.57 Å². The summed E-state index contributed by atoms with van der Waals surface area (Å²) in [7, 11) is -4.32. The first-order valence-corrected chi connectivity index (χ1v) is 6.65. The van der Waals surface area contributed by atoms with E-state index in [4.69, 9.17) is 4.74 Å². The Morgan fingerprint density at radius 2 is 1.20 bits per heavy atom. The zero-order valence-electron chi connectivity index (χ0n) is 11.5. The van der Waals surface area contributed by atoms with Crippen molar-refractivity contribution >= 4 is 29.8 Å². The van der Waals surface area contributed by atoms with E-state index in [9.17, 15) is 17.3 Å². The Hall–Kier alpha value is -1.25. The summed E-state index contributed by atoms with van der Waals surface area (Å²) in [5.41, 5.74) is 2.45. The standard InChI is InChI=1S/C13H11IO.BF4/c1-15-13-8-4-11(5-9-13)10-2-6-12(14)7-3-10;2-1(3,4)5/h2-9H,1H3;/q;-1/p+1. The number of halogens is 5. The van der Waals surface area contributed by atoms with E-state index in [-0.39, 0.29) is 1.43 Å². The third-order valence-corrected chi connectivity index (χ3v) is 2.99. The molecule has 0 amide bonds. The van der Waals surface area contributed by atoms with E-state index in [1.807, 2.05) is 12.1 Å². The molecule has 0 spiro atoms. The molecule has 108 valence electrons. The summed E-state index contributed by atoms with van der Waals surface area (Å²) >= 11 is 2.31. The predicted octanol–water partition coefficient (Wildman–Crippen LogP) is 5.38. The molecule has 2 aromatic carbocycles. The molecule has 0 aliphatic rings. The molecular weight excluding hydrogens is 386 g/mol. The van der Waals surface area contributed by atoms with Crippen molar-refractivity contribution in [3.63, 3.8) is 0 Å². The number of rotatable bonds is 2. The molecule has 0 fully saturated rings. The number of benzene rings is 2. The van der Waals surface area contributed by atoms with E-state index in [0.29, 0.717) is 0 Å². The van der Waals surface area contributed by atoms with Crippen LogP contribution in [0.2, 0.25) is 0 Å². The fourth-order valence-electron chi connectivity index (χ4n) is 1.43. The van der Waals surface area contributed by atoms with Crippen LogP contribution < -0.4 is 4.74 Å². The lowest BCUT2D eigenvalue weighted by Gasteiger charge is -2.03. The highest BCUT2D eigenvalue weighted by molar-refractivity contribution is 14.1. The van der Waals surface area contributed by atoms with Crippen LogP contribution in [0.15, 0.2) is 48.5 Å². The van der Waals surface area contributed by atoms with Crippen LogP contribution in [0.25, 0.3) is 11.1 Å². The van der Waals surface area contributed by atoms with Crippen molar-refractivity contribution < 1.29 is 23.4 Å². The Morgan fingerprint density at radius 3 is 1.55 bits per heavy atom. The van der Waals surface area contributed by atoms with Crippen LogP contribution in [0.5, 0.6) is 5.75 Å². The molecule has 2 aromatic rings. The van der Waals surface area contributed by atoms with Gasteiger partial charge < -0.3 is 22.0 Å². The van der Waals surface area contributed by atoms with Gasteiger partial charge >= 0.3 is 8.68 Å². The first-order chi connectivity index (χ1) is 9.29. The fourth-order valence-corrected chi connectivity index (χ4v) is 1.79. The predicted molar refractivity (Wildman–Crippen MR) is 82.4 cm³/mol. The van der Waals surface area contributed by atoms with Gasteiger partial charge in [-0.25, -0.2) is 0 Å². The SMILES string of the molecule is COc1ccc(-c2ccc(I)cc2)cc1.F[B-](F)(F)F.[H+]. The van der Waals surface area contributed by atoms with Crippen LogP contribution in [-0.4, -0.2) is 14.4 Å². The fraction of sp³-hybridized carbons (Fsp3) is 0.0769. The molecule has 0 aliphatic heterocycles. The molecule has 0 atom stereocenters. The Balaban J connectivity index is 0.000000583. The number of hydrogen-bond donors (Lipinski definition) is 0. The van der Waals surface area contributed by atoms with E-state index < -0.39 is 7.25 Å². The van der Waals surface area contributed by atoms with Crippen molar-refractivity contribution in [2.75, 3.05) is 7.11 Å². The first-order valence-electron chi connectivity index (χ1n) is 5.57. The van der Waals surface area contributed by atoms with Gasteiger partial charge in [-0.15, -0.1) is 0 Å². The molecule has 0 aliphatic carbocycles. The molecule has 0 heterocycles. The molecule has 7 heteroatoms. The van der Waals surface area contributed by atoms with Crippen molar-refractivity contribution in [2.24, 2.45) is 0 Å². The van der Waals surface area contributed by atoms with Crippen LogP contribution >= 0.6 is 22.6 Å². The highest BCUT2D eigenvalue weighted by Gasteiger charge is 2.20. The van der Waals surface area contributed by atoms with Crippen molar-refractivity contribution in [3.05, 3.63) is 52.1 Å². The quantitative estimate of drug-likeness (QED) is 0.375. The average Bonchev–Trinajstić information content (AvgIpc) is 2.38. The van der Waals surface area contributed by atoms with E-state index in [1.165, 1.54) is 14.7 Å². The van der Waals surface area contributed by atoms with Crippen molar-refractivity contribution in [3.8, 4) is 16.9 Å². The van der Waals surface area contributed by atoms with Crippen LogP contribution in [-0.2, 0) is 0 Å². The van der Waals surface area contributed by atoms with Gasteiger partial charge in [-0.2, -0.15) is 0 Å². The molecule has 0 radical (unpaired) electrons. The van der Waals surface area contributed by atoms with Crippen LogP contribution in [0, 0.1) is 3.57 Å². The van der Waals surface area contributed by atoms with Crippen molar-refractivity contribution in [1.29, 1.82) is 0 Å². The topological polar surface area (TPSA) is 9.23 Å². The molecule has 0 bridgehead atoms. The lowest BCUT2D eigenvalue weighted by molar-refractivity contribution is 0.368. The van der Waals surface area contributed by atoms with Gasteiger partial charge in [-0.1, -0.05) is 24.3 Å². The van der Waals surface area contributed by atoms with E-state index in [0.717, 1.165) is 5.75 Å². The Kier molecular flexibility index (Phi) is 6.32. The Bertz CT molecular complexity index is 525. The highest BCUT2D eigenvalue weighted by atomic mass is 127. The van der Waals surface area contributed by atoms with Crippen LogP contribution in [0.4, 0.5) is 17.3 Å². The molecule has 2 rings (SSSR count). The Labute approximate surface area is 129 Å². The van der Waals surface area contributed by atoms with E-state index in [2.05, 4.69) is 59.0 Å². The minimum atomic E-state index is -6.00. The molecule has 0 unspecified atom stereocenters. The molecule has 0 N–H and O–H groups in total. The molecule has 0 saturated carbocycles. The second-order valence-electron chi connectivity index (χ2n) is 3.73. The summed E-state index contributed by atoms with van der Waals surface area (Å²) in [6, 6.07) is 16.6. The normalized spacial score (nSPS) is 10.5. The number of methoxy groups -OCH3 is 1. The van der Waals surface area contributed by atoms with Gasteiger partial charge in [0.1, 0.15) is 5.75 Å². The third kappa shape index (κ3) is 6.79. The smallest absolute Gasteiger partial charge is 0.497 e.